The summed E-state index contributed by atoms with van der Waals surface area (Å²) in [5.41, 5.74) is 8.11. The molecule has 0 saturated carbocycles. The molecular formula is C11H8N6OS. The number of hydrogen-bond donors (Lipinski definition) is 3. The van der Waals surface area contributed by atoms with Gasteiger partial charge in [0.1, 0.15) is 16.6 Å². The topological polar surface area (TPSA) is 111 Å². The highest BCUT2D eigenvalue weighted by atomic mass is 32.1. The second kappa shape index (κ2) is 4.58. The summed E-state index contributed by atoms with van der Waals surface area (Å²) in [6.45, 7) is 0. The number of rotatable bonds is 2. The minimum absolute atomic E-state index is 0.203. The smallest absolute Gasteiger partial charge is 0.266 e. The standard InChI is InChI=1S/C11H8N6OS/c12-16-4-9-17-11(18)8(19-9)1-6-2-14-10-7(6)3-13-5-15-10/h1-5,12H,(H,17,18)(H,13,14,15). The molecule has 3 N–H and O–H groups in total. The zero-order valence-corrected chi connectivity index (χ0v) is 10.4. The number of aromatic amines is 2. The van der Waals surface area contributed by atoms with Crippen molar-refractivity contribution in [3.8, 4) is 0 Å². The van der Waals surface area contributed by atoms with Crippen LogP contribution in [0.3, 0.4) is 0 Å². The molecule has 94 valence electrons. The van der Waals surface area contributed by atoms with Crippen LogP contribution in [0, 0.1) is 5.53 Å². The Morgan fingerprint density at radius 2 is 2.37 bits per heavy atom. The third kappa shape index (κ3) is 2.08. The quantitative estimate of drug-likeness (QED) is 0.583. The molecule has 0 aliphatic rings. The Bertz CT molecular complexity index is 918. The fourth-order valence-electron chi connectivity index (χ4n) is 1.72. The van der Waals surface area contributed by atoms with Gasteiger partial charge < -0.3 is 9.97 Å². The fraction of sp³-hybridized carbons (Fsp3) is 0. The van der Waals surface area contributed by atoms with Crippen molar-refractivity contribution in [2.75, 3.05) is 0 Å². The lowest BCUT2D eigenvalue weighted by molar-refractivity contribution is 1.17. The Kier molecular flexibility index (Phi) is 2.76. The van der Waals surface area contributed by atoms with Crippen molar-refractivity contribution in [2.24, 2.45) is 5.11 Å². The van der Waals surface area contributed by atoms with E-state index in [1.807, 2.05) is 0 Å². The second-order valence-electron chi connectivity index (χ2n) is 3.72. The zero-order chi connectivity index (χ0) is 13.2. The van der Waals surface area contributed by atoms with Gasteiger partial charge in [-0.05, 0) is 6.08 Å². The molecule has 7 nitrogen and oxygen atoms in total. The van der Waals surface area contributed by atoms with Crippen LogP contribution >= 0.6 is 11.3 Å². The molecule has 19 heavy (non-hydrogen) atoms. The highest BCUT2D eigenvalue weighted by Crippen LogP contribution is 2.14. The molecule has 0 amide bonds. The van der Waals surface area contributed by atoms with E-state index in [1.54, 1.807) is 18.5 Å². The van der Waals surface area contributed by atoms with Crippen molar-refractivity contribution in [1.29, 1.82) is 5.53 Å². The van der Waals surface area contributed by atoms with Crippen molar-refractivity contribution in [2.45, 2.75) is 0 Å². The van der Waals surface area contributed by atoms with E-state index in [4.69, 9.17) is 5.53 Å². The van der Waals surface area contributed by atoms with Crippen LogP contribution in [0.4, 0.5) is 0 Å². The number of hydrogen-bond acceptors (Lipinski definition) is 6. The summed E-state index contributed by atoms with van der Waals surface area (Å²) in [6, 6.07) is 0. The van der Waals surface area contributed by atoms with Crippen LogP contribution in [-0.2, 0) is 0 Å². The van der Waals surface area contributed by atoms with E-state index in [-0.39, 0.29) is 5.56 Å². The monoisotopic (exact) mass is 272 g/mol. The average molecular weight is 272 g/mol. The lowest BCUT2D eigenvalue weighted by Gasteiger charge is -1.87. The van der Waals surface area contributed by atoms with E-state index in [9.17, 15) is 4.79 Å². The molecule has 0 bridgehead atoms. The van der Waals surface area contributed by atoms with E-state index < -0.39 is 0 Å². The van der Waals surface area contributed by atoms with Gasteiger partial charge in [-0.2, -0.15) is 5.11 Å². The first-order valence-corrected chi connectivity index (χ1v) is 6.14. The van der Waals surface area contributed by atoms with Crippen molar-refractivity contribution in [1.82, 2.24) is 19.9 Å². The maximum Gasteiger partial charge on any atom is 0.266 e. The van der Waals surface area contributed by atoms with Gasteiger partial charge in [-0.3, -0.25) is 4.79 Å². The summed E-state index contributed by atoms with van der Waals surface area (Å²) in [6.07, 6.45) is 7.98. The fourth-order valence-corrected chi connectivity index (χ4v) is 2.53. The molecule has 0 aliphatic carbocycles. The molecule has 3 heterocycles. The van der Waals surface area contributed by atoms with Crippen molar-refractivity contribution >= 4 is 34.6 Å². The van der Waals surface area contributed by atoms with Gasteiger partial charge in [0.2, 0.25) is 0 Å². The number of nitrogens with zero attached hydrogens (tertiary/aromatic N) is 3. The first-order chi connectivity index (χ1) is 9.28. The van der Waals surface area contributed by atoms with Crippen LogP contribution in [0.2, 0.25) is 0 Å². The summed E-state index contributed by atoms with van der Waals surface area (Å²) in [5.74, 6) is 0. The van der Waals surface area contributed by atoms with Gasteiger partial charge in [0.05, 0.1) is 10.7 Å². The lowest BCUT2D eigenvalue weighted by atomic mass is 10.2. The SMILES string of the molecule is N=NC=c1[nH]c(=O)c(=Cc2c[nH]c3ncncc23)s1. The molecule has 0 spiro atoms. The Morgan fingerprint density at radius 3 is 3.21 bits per heavy atom. The first-order valence-electron chi connectivity index (χ1n) is 5.32. The molecule has 0 radical (unpaired) electrons. The first kappa shape index (κ1) is 11.5. The van der Waals surface area contributed by atoms with Crippen molar-refractivity contribution < 1.29 is 0 Å². The van der Waals surface area contributed by atoms with Crippen LogP contribution in [0.5, 0.6) is 0 Å². The molecule has 0 fully saturated rings. The maximum absolute atomic E-state index is 11.7. The van der Waals surface area contributed by atoms with Gasteiger partial charge in [-0.25, -0.2) is 15.5 Å². The number of nitrogens with one attached hydrogen (secondary N) is 3. The van der Waals surface area contributed by atoms with Crippen molar-refractivity contribution in [3.63, 3.8) is 0 Å². The van der Waals surface area contributed by atoms with E-state index >= 15 is 0 Å². The third-order valence-electron chi connectivity index (χ3n) is 2.54. The van der Waals surface area contributed by atoms with Gasteiger partial charge in [-0.15, -0.1) is 11.3 Å². The molecule has 0 aromatic carbocycles. The van der Waals surface area contributed by atoms with Crippen LogP contribution < -0.4 is 14.8 Å². The molecule has 3 aromatic rings. The summed E-state index contributed by atoms with van der Waals surface area (Å²) in [4.78, 5) is 25.4. The molecular weight excluding hydrogens is 264 g/mol. The molecule has 0 atom stereocenters. The van der Waals surface area contributed by atoms with Gasteiger partial charge >= 0.3 is 0 Å². The zero-order valence-electron chi connectivity index (χ0n) is 9.54. The normalized spacial score (nSPS) is 13.3. The molecule has 3 aromatic heterocycles. The average Bonchev–Trinajstić information content (AvgIpc) is 2.96. The Hall–Kier alpha value is -2.61. The second-order valence-corrected chi connectivity index (χ2v) is 4.80. The Labute approximate surface area is 109 Å². The number of H-pyrrole nitrogens is 2. The minimum Gasteiger partial charge on any atom is -0.345 e. The van der Waals surface area contributed by atoms with E-state index in [0.29, 0.717) is 9.20 Å². The highest BCUT2D eigenvalue weighted by Gasteiger charge is 2.02. The predicted molar refractivity (Wildman–Crippen MR) is 71.3 cm³/mol. The molecule has 0 aliphatic heterocycles. The van der Waals surface area contributed by atoms with Gasteiger partial charge in [-0.1, -0.05) is 0 Å². The van der Waals surface area contributed by atoms with Crippen LogP contribution in [-0.4, -0.2) is 19.9 Å². The minimum atomic E-state index is -0.203. The van der Waals surface area contributed by atoms with E-state index in [1.165, 1.54) is 23.9 Å². The highest BCUT2D eigenvalue weighted by molar-refractivity contribution is 7.07. The molecule has 8 heteroatoms. The molecule has 3 rings (SSSR count). The largest absolute Gasteiger partial charge is 0.345 e. The summed E-state index contributed by atoms with van der Waals surface area (Å²) < 4.78 is 1.09. The number of thiazole rings is 1. The molecule has 0 saturated heterocycles. The van der Waals surface area contributed by atoms with E-state index in [0.717, 1.165) is 16.6 Å². The van der Waals surface area contributed by atoms with Gasteiger partial charge in [0, 0.05) is 23.3 Å². The summed E-state index contributed by atoms with van der Waals surface area (Å²) in [5, 5.41) is 3.99. The Balaban J connectivity index is 2.24. The van der Waals surface area contributed by atoms with Crippen LogP contribution in [0.1, 0.15) is 5.56 Å². The van der Waals surface area contributed by atoms with E-state index in [2.05, 4.69) is 25.1 Å². The summed E-state index contributed by atoms with van der Waals surface area (Å²) in [7, 11) is 0. The van der Waals surface area contributed by atoms with Gasteiger partial charge in [0.25, 0.3) is 5.56 Å². The number of fused-ring (bicyclic) bond motifs is 1. The Morgan fingerprint density at radius 1 is 1.47 bits per heavy atom. The predicted octanol–water partition coefficient (Wildman–Crippen LogP) is 0.305. The van der Waals surface area contributed by atoms with Gasteiger partial charge in [0.15, 0.2) is 0 Å². The summed E-state index contributed by atoms with van der Waals surface area (Å²) >= 11 is 1.24. The van der Waals surface area contributed by atoms with Crippen molar-refractivity contribution in [3.05, 3.63) is 43.8 Å². The van der Waals surface area contributed by atoms with Crippen LogP contribution in [0.25, 0.3) is 23.3 Å². The van der Waals surface area contributed by atoms with Crippen LogP contribution in [0.15, 0.2) is 28.6 Å². The third-order valence-corrected chi connectivity index (χ3v) is 3.49. The maximum atomic E-state index is 11.7. The number of aromatic nitrogens is 4. The lowest BCUT2D eigenvalue weighted by Crippen LogP contribution is -2.19. The molecule has 0 unspecified atom stereocenters.